The molecule has 2 aromatic rings. The maximum absolute atomic E-state index is 11.8. The van der Waals surface area contributed by atoms with E-state index in [4.69, 9.17) is 10.9 Å². The minimum Gasteiger partial charge on any atom is -0.369 e. The number of hydrogen-bond donors (Lipinski definition) is 2. The first kappa shape index (κ1) is 22.1. The number of hydrogen-bond acceptors (Lipinski definition) is 6. The molecule has 1 fully saturated rings. The molecule has 0 spiro atoms. The molecule has 0 bridgehead atoms. The van der Waals surface area contributed by atoms with E-state index in [9.17, 15) is 13.2 Å². The van der Waals surface area contributed by atoms with E-state index >= 15 is 0 Å². The van der Waals surface area contributed by atoms with Crippen molar-refractivity contribution in [3.63, 3.8) is 0 Å². The molecule has 2 unspecified atom stereocenters. The molecule has 2 aliphatic rings. The quantitative estimate of drug-likeness (QED) is 0.710. The SMILES string of the molecule is Cc1cc(C)c2c(c1)SC(N1CCCC(C(N)=O)C1)N2Cc1ccc(S(N)(=O)=O)cc1. The van der Waals surface area contributed by atoms with Gasteiger partial charge < -0.3 is 10.6 Å². The van der Waals surface area contributed by atoms with Gasteiger partial charge in [0.2, 0.25) is 15.9 Å². The van der Waals surface area contributed by atoms with Gasteiger partial charge in [0.15, 0.2) is 0 Å². The molecule has 2 aliphatic heterocycles. The third-order valence-electron chi connectivity index (χ3n) is 5.97. The van der Waals surface area contributed by atoms with E-state index in [-0.39, 0.29) is 22.2 Å². The zero-order valence-corrected chi connectivity index (χ0v) is 19.4. The first-order chi connectivity index (χ1) is 14.6. The summed E-state index contributed by atoms with van der Waals surface area (Å²) in [6.45, 7) is 6.40. The van der Waals surface area contributed by atoms with Crippen molar-refractivity contribution in [2.45, 2.75) is 48.5 Å². The summed E-state index contributed by atoms with van der Waals surface area (Å²) >= 11 is 1.80. The topological polar surface area (TPSA) is 110 Å². The fraction of sp³-hybridized carbons (Fsp3) is 0.409. The molecule has 2 aromatic carbocycles. The van der Waals surface area contributed by atoms with Gasteiger partial charge in [0.1, 0.15) is 5.50 Å². The first-order valence-corrected chi connectivity index (χ1v) is 12.8. The average Bonchev–Trinajstić information content (AvgIpc) is 3.06. The van der Waals surface area contributed by atoms with E-state index in [0.717, 1.165) is 24.9 Å². The number of fused-ring (bicyclic) bond motifs is 1. The lowest BCUT2D eigenvalue weighted by Gasteiger charge is -2.40. The molecular weight excluding hydrogens is 432 g/mol. The van der Waals surface area contributed by atoms with Gasteiger partial charge >= 0.3 is 0 Å². The lowest BCUT2D eigenvalue weighted by molar-refractivity contribution is -0.123. The molecular formula is C22H28N4O3S2. The summed E-state index contributed by atoms with van der Waals surface area (Å²) in [6, 6.07) is 11.1. The van der Waals surface area contributed by atoms with Crippen LogP contribution in [0.2, 0.25) is 0 Å². The van der Waals surface area contributed by atoms with Crippen molar-refractivity contribution >= 4 is 33.4 Å². The molecule has 0 aliphatic carbocycles. The van der Waals surface area contributed by atoms with Crippen LogP contribution < -0.4 is 15.8 Å². The Morgan fingerprint density at radius 1 is 1.19 bits per heavy atom. The molecule has 4 N–H and O–H groups in total. The van der Waals surface area contributed by atoms with Crippen molar-refractivity contribution in [1.82, 2.24) is 4.90 Å². The van der Waals surface area contributed by atoms with E-state index in [1.54, 1.807) is 23.9 Å². The zero-order chi connectivity index (χ0) is 22.3. The molecule has 0 radical (unpaired) electrons. The second-order valence-corrected chi connectivity index (χ2v) is 11.1. The number of benzene rings is 2. The Morgan fingerprint density at radius 3 is 2.55 bits per heavy atom. The van der Waals surface area contributed by atoms with Gasteiger partial charge in [0.05, 0.1) is 16.5 Å². The largest absolute Gasteiger partial charge is 0.369 e. The van der Waals surface area contributed by atoms with Gasteiger partial charge in [-0.25, -0.2) is 13.6 Å². The third-order valence-corrected chi connectivity index (χ3v) is 8.23. The Balaban J connectivity index is 1.66. The number of sulfonamides is 1. The first-order valence-electron chi connectivity index (χ1n) is 10.3. The van der Waals surface area contributed by atoms with Gasteiger partial charge in [0.25, 0.3) is 0 Å². The molecule has 0 saturated carbocycles. The van der Waals surface area contributed by atoms with Crippen LogP contribution in [0, 0.1) is 19.8 Å². The van der Waals surface area contributed by atoms with Crippen LogP contribution in [0.5, 0.6) is 0 Å². The van der Waals surface area contributed by atoms with Crippen LogP contribution in [0.15, 0.2) is 46.2 Å². The minimum absolute atomic E-state index is 0.0515. The van der Waals surface area contributed by atoms with Gasteiger partial charge in [-0.05, 0) is 61.6 Å². The number of primary amides is 1. The zero-order valence-electron chi connectivity index (χ0n) is 17.7. The van der Waals surface area contributed by atoms with Gasteiger partial charge in [-0.3, -0.25) is 9.69 Å². The van der Waals surface area contributed by atoms with Gasteiger partial charge in [-0.2, -0.15) is 0 Å². The number of carbonyl (C=O) groups excluding carboxylic acids is 1. The predicted octanol–water partition coefficient (Wildman–Crippen LogP) is 2.54. The summed E-state index contributed by atoms with van der Waals surface area (Å²) in [5.41, 5.74) is 10.3. The average molecular weight is 461 g/mol. The summed E-state index contributed by atoms with van der Waals surface area (Å²) in [5, 5.41) is 5.24. The normalized spacial score (nSPS) is 21.8. The van der Waals surface area contributed by atoms with Crippen LogP contribution in [-0.4, -0.2) is 37.8 Å². The van der Waals surface area contributed by atoms with Crippen molar-refractivity contribution < 1.29 is 13.2 Å². The van der Waals surface area contributed by atoms with E-state index in [1.807, 2.05) is 12.1 Å². The van der Waals surface area contributed by atoms with Crippen molar-refractivity contribution in [2.75, 3.05) is 18.0 Å². The molecule has 2 heterocycles. The standard InChI is InChI=1S/C22H28N4O3S2/c1-14-10-15(2)20-19(11-14)30-22(25-9-3-4-17(13-25)21(23)27)26(20)12-16-5-7-18(8-6-16)31(24,28)29/h5-8,10-11,17,22H,3-4,9,12-13H2,1-2H3,(H2,23,27)(H2,24,28,29). The van der Waals surface area contributed by atoms with E-state index in [2.05, 4.69) is 35.8 Å². The van der Waals surface area contributed by atoms with Gasteiger partial charge in [-0.15, -0.1) is 0 Å². The van der Waals surface area contributed by atoms with Crippen LogP contribution in [0.3, 0.4) is 0 Å². The number of primary sulfonamides is 1. The lowest BCUT2D eigenvalue weighted by Crippen LogP contribution is -2.50. The molecule has 166 valence electrons. The molecule has 1 amide bonds. The Hall–Kier alpha value is -2.07. The number of likely N-dealkylation sites (tertiary alicyclic amines) is 1. The van der Waals surface area contributed by atoms with E-state index in [0.29, 0.717) is 13.1 Å². The van der Waals surface area contributed by atoms with Crippen molar-refractivity contribution in [2.24, 2.45) is 16.8 Å². The van der Waals surface area contributed by atoms with Crippen LogP contribution in [0.1, 0.15) is 29.5 Å². The van der Waals surface area contributed by atoms with E-state index in [1.165, 1.54) is 21.7 Å². The number of nitrogens with zero attached hydrogens (tertiary/aromatic N) is 2. The molecule has 9 heteroatoms. The number of piperidine rings is 1. The Bertz CT molecular complexity index is 1100. The van der Waals surface area contributed by atoms with Crippen molar-refractivity contribution in [3.8, 4) is 0 Å². The number of rotatable bonds is 5. The number of carbonyl (C=O) groups is 1. The highest BCUT2D eigenvalue weighted by atomic mass is 32.2. The number of anilines is 1. The maximum Gasteiger partial charge on any atom is 0.238 e. The minimum atomic E-state index is -3.72. The third kappa shape index (κ3) is 4.59. The fourth-order valence-corrected chi connectivity index (χ4v) is 6.55. The Labute approximate surface area is 187 Å². The van der Waals surface area contributed by atoms with Crippen LogP contribution >= 0.6 is 11.8 Å². The molecule has 0 aromatic heterocycles. The summed E-state index contributed by atoms with van der Waals surface area (Å²) in [7, 11) is -3.72. The summed E-state index contributed by atoms with van der Waals surface area (Å²) in [5.74, 6) is -0.362. The van der Waals surface area contributed by atoms with Crippen LogP contribution in [0.25, 0.3) is 0 Å². The van der Waals surface area contributed by atoms with Crippen molar-refractivity contribution in [1.29, 1.82) is 0 Å². The molecule has 2 atom stereocenters. The van der Waals surface area contributed by atoms with Crippen molar-refractivity contribution in [3.05, 3.63) is 53.1 Å². The highest BCUT2D eigenvalue weighted by Gasteiger charge is 2.38. The molecule has 1 saturated heterocycles. The molecule has 31 heavy (non-hydrogen) atoms. The van der Waals surface area contributed by atoms with Crippen LogP contribution in [0.4, 0.5) is 5.69 Å². The summed E-state index contributed by atoms with van der Waals surface area (Å²) in [6.07, 6.45) is 1.78. The van der Waals surface area contributed by atoms with Gasteiger partial charge in [0, 0.05) is 24.5 Å². The summed E-state index contributed by atoms with van der Waals surface area (Å²) < 4.78 is 23.2. The molecule has 4 rings (SSSR count). The number of thioether (sulfide) groups is 1. The second kappa shape index (κ2) is 8.46. The highest BCUT2D eigenvalue weighted by molar-refractivity contribution is 8.00. The monoisotopic (exact) mass is 460 g/mol. The number of aryl methyl sites for hydroxylation is 2. The maximum atomic E-state index is 11.8. The Kier molecular flexibility index (Phi) is 6.04. The van der Waals surface area contributed by atoms with E-state index < -0.39 is 10.0 Å². The predicted molar refractivity (Wildman–Crippen MR) is 123 cm³/mol. The number of amides is 1. The molecule has 7 nitrogen and oxygen atoms in total. The summed E-state index contributed by atoms with van der Waals surface area (Å²) in [4.78, 5) is 17.9. The lowest BCUT2D eigenvalue weighted by atomic mass is 9.98. The van der Waals surface area contributed by atoms with Gasteiger partial charge in [-0.1, -0.05) is 30.0 Å². The number of nitrogens with two attached hydrogens (primary N) is 2. The smallest absolute Gasteiger partial charge is 0.238 e. The highest BCUT2D eigenvalue weighted by Crippen LogP contribution is 2.48. The van der Waals surface area contributed by atoms with Crippen LogP contribution in [-0.2, 0) is 21.4 Å². The Morgan fingerprint density at radius 2 is 1.90 bits per heavy atom. The fourth-order valence-electron chi connectivity index (χ4n) is 4.52. The second-order valence-electron chi connectivity index (χ2n) is 8.43.